The summed E-state index contributed by atoms with van der Waals surface area (Å²) in [5.74, 6) is -1.03. The van der Waals surface area contributed by atoms with Gasteiger partial charge in [0.25, 0.3) is 0 Å². The number of ether oxygens (including phenoxy) is 1. The minimum absolute atomic E-state index is 0.229. The molecule has 0 unspecified atom stereocenters. The summed E-state index contributed by atoms with van der Waals surface area (Å²) in [5.41, 5.74) is 0.991. The molecule has 0 radical (unpaired) electrons. The molecule has 0 bridgehead atoms. The third-order valence-corrected chi connectivity index (χ3v) is 2.20. The highest BCUT2D eigenvalue weighted by Crippen LogP contribution is 2.13. The standard InChI is InChI=1S/C14H17FO3/c1-10(2)8-18-9-12-5-3-11(7-13(12)15)4-6-14(16)17/h3-7,10H,8-9H2,1-2H3,(H,16,17)/b6-4+. The number of rotatable bonds is 6. The van der Waals surface area contributed by atoms with Crippen molar-refractivity contribution in [2.75, 3.05) is 6.61 Å². The molecular weight excluding hydrogens is 235 g/mol. The van der Waals surface area contributed by atoms with Gasteiger partial charge >= 0.3 is 5.97 Å². The van der Waals surface area contributed by atoms with Crippen molar-refractivity contribution < 1.29 is 19.0 Å². The number of hydrogen-bond donors (Lipinski definition) is 1. The first kappa shape index (κ1) is 14.4. The Kier molecular flexibility index (Phi) is 5.52. The van der Waals surface area contributed by atoms with E-state index in [1.165, 1.54) is 12.1 Å². The quantitative estimate of drug-likeness (QED) is 0.791. The Labute approximate surface area is 106 Å². The maximum Gasteiger partial charge on any atom is 0.328 e. The molecule has 3 nitrogen and oxygen atoms in total. The van der Waals surface area contributed by atoms with Crippen molar-refractivity contribution in [2.45, 2.75) is 20.5 Å². The molecule has 1 rings (SSSR count). The van der Waals surface area contributed by atoms with Gasteiger partial charge in [-0.25, -0.2) is 9.18 Å². The Morgan fingerprint density at radius 3 is 2.78 bits per heavy atom. The van der Waals surface area contributed by atoms with Crippen molar-refractivity contribution in [2.24, 2.45) is 5.92 Å². The van der Waals surface area contributed by atoms with Crippen LogP contribution in [-0.2, 0) is 16.1 Å². The Hall–Kier alpha value is -1.68. The molecular formula is C14H17FO3. The molecule has 0 atom stereocenters. The molecule has 0 aromatic heterocycles. The molecule has 18 heavy (non-hydrogen) atoms. The summed E-state index contributed by atoms with van der Waals surface area (Å²) in [7, 11) is 0. The van der Waals surface area contributed by atoms with E-state index in [1.54, 1.807) is 12.1 Å². The fraction of sp³-hybridized carbons (Fsp3) is 0.357. The van der Waals surface area contributed by atoms with E-state index in [1.807, 2.05) is 13.8 Å². The molecule has 1 N–H and O–H groups in total. The summed E-state index contributed by atoms with van der Waals surface area (Å²) >= 11 is 0. The first-order valence-electron chi connectivity index (χ1n) is 5.76. The molecule has 1 aromatic carbocycles. The van der Waals surface area contributed by atoms with Gasteiger partial charge in [-0.2, -0.15) is 0 Å². The average Bonchev–Trinajstić information content (AvgIpc) is 2.28. The number of aliphatic carboxylic acids is 1. The lowest BCUT2D eigenvalue weighted by molar-refractivity contribution is -0.131. The number of halogens is 1. The van der Waals surface area contributed by atoms with E-state index in [0.717, 1.165) is 6.08 Å². The number of carboxylic acids is 1. The Bertz CT molecular complexity index is 439. The third-order valence-electron chi connectivity index (χ3n) is 2.20. The third kappa shape index (κ3) is 5.10. The van der Waals surface area contributed by atoms with Crippen LogP contribution in [0.5, 0.6) is 0 Å². The lowest BCUT2D eigenvalue weighted by Crippen LogP contribution is -2.03. The van der Waals surface area contributed by atoms with Gasteiger partial charge in [-0.15, -0.1) is 0 Å². The number of carboxylic acid groups (broad SMARTS) is 1. The van der Waals surface area contributed by atoms with Crippen molar-refractivity contribution in [3.8, 4) is 0 Å². The minimum atomic E-state index is -1.06. The maximum atomic E-state index is 13.6. The van der Waals surface area contributed by atoms with Gasteiger partial charge in [-0.1, -0.05) is 26.0 Å². The molecule has 0 aliphatic rings. The molecule has 0 heterocycles. The molecule has 0 amide bonds. The number of benzene rings is 1. The van der Waals surface area contributed by atoms with Gasteiger partial charge in [0.15, 0.2) is 0 Å². The zero-order valence-corrected chi connectivity index (χ0v) is 10.5. The average molecular weight is 252 g/mol. The monoisotopic (exact) mass is 252 g/mol. The molecule has 4 heteroatoms. The van der Waals surface area contributed by atoms with Crippen LogP contribution in [0.25, 0.3) is 6.08 Å². The topological polar surface area (TPSA) is 46.5 Å². The van der Waals surface area contributed by atoms with Crippen LogP contribution in [0.3, 0.4) is 0 Å². The first-order valence-corrected chi connectivity index (χ1v) is 5.76. The van der Waals surface area contributed by atoms with Crippen LogP contribution in [0.4, 0.5) is 4.39 Å². The Morgan fingerprint density at radius 2 is 2.22 bits per heavy atom. The molecule has 0 aliphatic carbocycles. The first-order chi connectivity index (χ1) is 8.49. The fourth-order valence-electron chi connectivity index (χ4n) is 1.36. The van der Waals surface area contributed by atoms with Crippen LogP contribution in [0.15, 0.2) is 24.3 Å². The largest absolute Gasteiger partial charge is 0.478 e. The van der Waals surface area contributed by atoms with Gasteiger partial charge in [-0.05, 0) is 23.6 Å². The second-order valence-electron chi connectivity index (χ2n) is 4.43. The van der Waals surface area contributed by atoms with E-state index in [-0.39, 0.29) is 12.4 Å². The Balaban J connectivity index is 2.65. The molecule has 0 saturated carbocycles. The van der Waals surface area contributed by atoms with E-state index < -0.39 is 5.97 Å². The summed E-state index contributed by atoms with van der Waals surface area (Å²) in [4.78, 5) is 10.3. The smallest absolute Gasteiger partial charge is 0.328 e. The predicted octanol–water partition coefficient (Wildman–Crippen LogP) is 3.10. The molecule has 0 fully saturated rings. The summed E-state index contributed by atoms with van der Waals surface area (Å²) in [6, 6.07) is 4.57. The highest BCUT2D eigenvalue weighted by molar-refractivity contribution is 5.85. The summed E-state index contributed by atoms with van der Waals surface area (Å²) < 4.78 is 19.0. The predicted molar refractivity (Wildman–Crippen MR) is 67.6 cm³/mol. The van der Waals surface area contributed by atoms with Gasteiger partial charge in [0.05, 0.1) is 6.61 Å². The maximum absolute atomic E-state index is 13.6. The SMILES string of the molecule is CC(C)COCc1ccc(/C=C/C(=O)O)cc1F. The van der Waals surface area contributed by atoms with E-state index >= 15 is 0 Å². The van der Waals surface area contributed by atoms with Gasteiger partial charge < -0.3 is 9.84 Å². The van der Waals surface area contributed by atoms with Crippen molar-refractivity contribution in [1.29, 1.82) is 0 Å². The fourth-order valence-corrected chi connectivity index (χ4v) is 1.36. The molecule has 0 aliphatic heterocycles. The molecule has 0 saturated heterocycles. The zero-order valence-electron chi connectivity index (χ0n) is 10.5. The summed E-state index contributed by atoms with van der Waals surface area (Å²) in [6.07, 6.45) is 2.33. The van der Waals surface area contributed by atoms with E-state index in [4.69, 9.17) is 9.84 Å². The Morgan fingerprint density at radius 1 is 1.50 bits per heavy atom. The van der Waals surface area contributed by atoms with Crippen LogP contribution in [0.1, 0.15) is 25.0 Å². The second-order valence-corrected chi connectivity index (χ2v) is 4.43. The van der Waals surface area contributed by atoms with Gasteiger partial charge in [0, 0.05) is 18.2 Å². The van der Waals surface area contributed by atoms with E-state index in [0.29, 0.717) is 23.7 Å². The minimum Gasteiger partial charge on any atom is -0.478 e. The van der Waals surface area contributed by atoms with Crippen molar-refractivity contribution in [3.63, 3.8) is 0 Å². The number of carbonyl (C=O) groups is 1. The zero-order chi connectivity index (χ0) is 13.5. The van der Waals surface area contributed by atoms with Crippen LogP contribution >= 0.6 is 0 Å². The van der Waals surface area contributed by atoms with Crippen LogP contribution in [0.2, 0.25) is 0 Å². The summed E-state index contributed by atoms with van der Waals surface area (Å²) in [6.45, 7) is 4.86. The molecule has 0 spiro atoms. The highest BCUT2D eigenvalue weighted by atomic mass is 19.1. The van der Waals surface area contributed by atoms with Crippen LogP contribution in [-0.4, -0.2) is 17.7 Å². The van der Waals surface area contributed by atoms with Crippen LogP contribution in [0, 0.1) is 11.7 Å². The van der Waals surface area contributed by atoms with Gasteiger partial charge in [0.2, 0.25) is 0 Å². The molecule has 98 valence electrons. The second kappa shape index (κ2) is 6.91. The normalized spacial score (nSPS) is 11.3. The lowest BCUT2D eigenvalue weighted by atomic mass is 10.1. The van der Waals surface area contributed by atoms with Gasteiger partial charge in [0.1, 0.15) is 5.82 Å². The van der Waals surface area contributed by atoms with Gasteiger partial charge in [-0.3, -0.25) is 0 Å². The highest BCUT2D eigenvalue weighted by Gasteiger charge is 2.03. The van der Waals surface area contributed by atoms with Crippen molar-refractivity contribution in [3.05, 3.63) is 41.2 Å². The van der Waals surface area contributed by atoms with Crippen LogP contribution < -0.4 is 0 Å². The summed E-state index contributed by atoms with van der Waals surface area (Å²) in [5, 5.41) is 8.47. The van der Waals surface area contributed by atoms with Crippen molar-refractivity contribution in [1.82, 2.24) is 0 Å². The van der Waals surface area contributed by atoms with E-state index in [2.05, 4.69) is 0 Å². The lowest BCUT2D eigenvalue weighted by Gasteiger charge is -2.08. The number of hydrogen-bond acceptors (Lipinski definition) is 2. The van der Waals surface area contributed by atoms with E-state index in [9.17, 15) is 9.18 Å². The molecule has 1 aromatic rings. The van der Waals surface area contributed by atoms with Crippen molar-refractivity contribution >= 4 is 12.0 Å².